The van der Waals surface area contributed by atoms with E-state index in [9.17, 15) is 0 Å². The van der Waals surface area contributed by atoms with Crippen LogP contribution >= 0.6 is 11.3 Å². The molecule has 4 aromatic rings. The van der Waals surface area contributed by atoms with Crippen molar-refractivity contribution in [2.75, 3.05) is 13.6 Å². The molecule has 3 heterocycles. The third-order valence-electron chi connectivity index (χ3n) is 5.21. The van der Waals surface area contributed by atoms with Crippen LogP contribution in [0.2, 0.25) is 0 Å². The summed E-state index contributed by atoms with van der Waals surface area (Å²) in [6, 6.07) is 17.9. The normalized spacial score (nSPS) is 17.3. The number of aromatic nitrogens is 2. The first-order valence-corrected chi connectivity index (χ1v) is 9.71. The summed E-state index contributed by atoms with van der Waals surface area (Å²) in [6.45, 7) is 2.03. The Morgan fingerprint density at radius 3 is 2.92 bits per heavy atom. The van der Waals surface area contributed by atoms with Crippen molar-refractivity contribution in [2.24, 2.45) is 0 Å². The van der Waals surface area contributed by atoms with Gasteiger partial charge in [-0.05, 0) is 64.8 Å². The van der Waals surface area contributed by atoms with Crippen LogP contribution in [0.5, 0.6) is 0 Å². The van der Waals surface area contributed by atoms with Gasteiger partial charge in [0.1, 0.15) is 6.33 Å². The van der Waals surface area contributed by atoms with Gasteiger partial charge in [-0.15, -0.1) is 11.3 Å². The Morgan fingerprint density at radius 2 is 2.04 bits per heavy atom. The number of thiophene rings is 1. The summed E-state index contributed by atoms with van der Waals surface area (Å²) >= 11 is 1.81. The lowest BCUT2D eigenvalue weighted by Gasteiger charge is -2.33. The van der Waals surface area contributed by atoms with E-state index in [-0.39, 0.29) is 0 Å². The smallest absolute Gasteiger partial charge is 0.116 e. The van der Waals surface area contributed by atoms with Crippen molar-refractivity contribution < 1.29 is 0 Å². The summed E-state index contributed by atoms with van der Waals surface area (Å²) < 4.78 is 1.36. The van der Waals surface area contributed by atoms with Crippen molar-refractivity contribution in [3.8, 4) is 11.3 Å². The molecule has 2 aromatic carbocycles. The third-order valence-corrected chi connectivity index (χ3v) is 6.11. The van der Waals surface area contributed by atoms with Gasteiger partial charge in [0, 0.05) is 35.5 Å². The zero-order valence-electron chi connectivity index (χ0n) is 14.6. The van der Waals surface area contributed by atoms with Gasteiger partial charge in [0.2, 0.25) is 0 Å². The van der Waals surface area contributed by atoms with Crippen LogP contribution < -0.4 is 0 Å². The Morgan fingerprint density at radius 1 is 1.08 bits per heavy atom. The van der Waals surface area contributed by atoms with Crippen LogP contribution in [0, 0.1) is 0 Å². The number of likely N-dealkylation sites (N-methyl/N-ethyl adjacent to an activating group) is 1. The first-order valence-electron chi connectivity index (χ1n) is 8.83. The highest BCUT2D eigenvalue weighted by Crippen LogP contribution is 2.36. The van der Waals surface area contributed by atoms with E-state index >= 15 is 0 Å². The number of fused-ring (bicyclic) bond motifs is 2. The maximum absolute atomic E-state index is 4.40. The summed E-state index contributed by atoms with van der Waals surface area (Å²) in [4.78, 5) is 10.8. The molecular formula is C22H19N3S. The molecule has 0 saturated heterocycles. The molecule has 0 spiro atoms. The minimum atomic E-state index is 0.410. The molecule has 4 heteroatoms. The molecule has 1 unspecified atom stereocenters. The van der Waals surface area contributed by atoms with Gasteiger partial charge >= 0.3 is 0 Å². The Kier molecular flexibility index (Phi) is 3.80. The molecule has 0 bridgehead atoms. The monoisotopic (exact) mass is 357 g/mol. The van der Waals surface area contributed by atoms with E-state index < -0.39 is 0 Å². The van der Waals surface area contributed by atoms with Crippen molar-refractivity contribution in [3.05, 3.63) is 83.1 Å². The standard InChI is InChI=1S/C22H19N3S/c1-25-12-18-11-16(21-6-8-23-14-24-21)2-4-19(18)20(13-25)15-3-5-22-17(10-15)7-9-26-22/h2-11,14,20H,12-13H2,1H3. The quantitative estimate of drug-likeness (QED) is 0.509. The fourth-order valence-corrected chi connectivity index (χ4v) is 4.73. The lowest BCUT2D eigenvalue weighted by Crippen LogP contribution is -2.31. The number of rotatable bonds is 2. The van der Waals surface area contributed by atoms with Crippen molar-refractivity contribution >= 4 is 21.4 Å². The van der Waals surface area contributed by atoms with Crippen LogP contribution in [0.1, 0.15) is 22.6 Å². The topological polar surface area (TPSA) is 29.0 Å². The first-order chi connectivity index (χ1) is 12.8. The molecule has 0 amide bonds. The Balaban J connectivity index is 1.59. The van der Waals surface area contributed by atoms with Gasteiger partial charge in [-0.3, -0.25) is 0 Å². The van der Waals surface area contributed by atoms with E-state index in [1.165, 1.54) is 26.8 Å². The van der Waals surface area contributed by atoms with Crippen molar-refractivity contribution in [3.63, 3.8) is 0 Å². The molecule has 0 saturated carbocycles. The molecular weight excluding hydrogens is 338 g/mol. The fourth-order valence-electron chi connectivity index (χ4n) is 3.96. The van der Waals surface area contributed by atoms with E-state index in [0.717, 1.165) is 24.3 Å². The summed E-state index contributed by atoms with van der Waals surface area (Å²) in [6.07, 6.45) is 3.41. The molecule has 0 radical (unpaired) electrons. The predicted octanol–water partition coefficient (Wildman–Crippen LogP) is 4.94. The Labute approximate surface area is 157 Å². The van der Waals surface area contributed by atoms with Gasteiger partial charge in [0.15, 0.2) is 0 Å². The highest BCUT2D eigenvalue weighted by Gasteiger charge is 2.25. The molecule has 0 fully saturated rings. The van der Waals surface area contributed by atoms with Gasteiger partial charge in [0.25, 0.3) is 0 Å². The second-order valence-electron chi connectivity index (χ2n) is 6.98. The zero-order valence-corrected chi connectivity index (χ0v) is 15.4. The van der Waals surface area contributed by atoms with Gasteiger partial charge in [-0.1, -0.05) is 18.2 Å². The number of hydrogen-bond donors (Lipinski definition) is 0. The van der Waals surface area contributed by atoms with Gasteiger partial charge in [-0.2, -0.15) is 0 Å². The molecule has 26 heavy (non-hydrogen) atoms. The van der Waals surface area contributed by atoms with Crippen LogP contribution in [0.4, 0.5) is 0 Å². The highest BCUT2D eigenvalue weighted by molar-refractivity contribution is 7.17. The van der Waals surface area contributed by atoms with Crippen LogP contribution in [-0.4, -0.2) is 28.5 Å². The fraction of sp³-hybridized carbons (Fsp3) is 0.182. The van der Waals surface area contributed by atoms with Crippen LogP contribution in [0.3, 0.4) is 0 Å². The lowest BCUT2D eigenvalue weighted by molar-refractivity contribution is 0.295. The lowest BCUT2D eigenvalue weighted by atomic mass is 9.83. The zero-order chi connectivity index (χ0) is 17.5. The Bertz CT molecular complexity index is 1070. The van der Waals surface area contributed by atoms with Crippen LogP contribution in [0.15, 0.2) is 66.4 Å². The average molecular weight is 357 g/mol. The van der Waals surface area contributed by atoms with Gasteiger partial charge in [0.05, 0.1) is 5.69 Å². The molecule has 0 N–H and O–H groups in total. The minimum Gasteiger partial charge on any atom is -0.301 e. The molecule has 5 rings (SSSR count). The molecule has 1 aliphatic rings. The number of nitrogens with zero attached hydrogens (tertiary/aromatic N) is 3. The van der Waals surface area contributed by atoms with Gasteiger partial charge < -0.3 is 4.90 Å². The summed E-state index contributed by atoms with van der Waals surface area (Å²) in [5, 5.41) is 3.52. The van der Waals surface area contributed by atoms with E-state index in [1.54, 1.807) is 23.9 Å². The van der Waals surface area contributed by atoms with Gasteiger partial charge in [-0.25, -0.2) is 9.97 Å². The number of benzene rings is 2. The molecule has 0 aliphatic carbocycles. The van der Waals surface area contributed by atoms with Crippen molar-refractivity contribution in [1.29, 1.82) is 0 Å². The van der Waals surface area contributed by atoms with E-state index in [0.29, 0.717) is 5.92 Å². The van der Waals surface area contributed by atoms with E-state index in [1.807, 2.05) is 6.07 Å². The highest BCUT2D eigenvalue weighted by atomic mass is 32.1. The third kappa shape index (κ3) is 2.71. The second-order valence-corrected chi connectivity index (χ2v) is 7.92. The maximum Gasteiger partial charge on any atom is 0.116 e. The molecule has 128 valence electrons. The average Bonchev–Trinajstić information content (AvgIpc) is 3.15. The van der Waals surface area contributed by atoms with E-state index in [4.69, 9.17) is 0 Å². The van der Waals surface area contributed by atoms with Crippen molar-refractivity contribution in [1.82, 2.24) is 14.9 Å². The maximum atomic E-state index is 4.40. The van der Waals surface area contributed by atoms with Crippen molar-refractivity contribution in [2.45, 2.75) is 12.5 Å². The Hall–Kier alpha value is -2.56. The first kappa shape index (κ1) is 15.7. The van der Waals surface area contributed by atoms with Crippen LogP contribution in [-0.2, 0) is 6.54 Å². The molecule has 2 aromatic heterocycles. The van der Waals surface area contributed by atoms with Crippen LogP contribution in [0.25, 0.3) is 21.3 Å². The molecule has 3 nitrogen and oxygen atoms in total. The predicted molar refractivity (Wildman–Crippen MR) is 107 cm³/mol. The summed E-state index contributed by atoms with van der Waals surface area (Å²) in [5.41, 5.74) is 6.38. The molecule has 1 aliphatic heterocycles. The molecule has 1 atom stereocenters. The summed E-state index contributed by atoms with van der Waals surface area (Å²) in [7, 11) is 2.20. The largest absolute Gasteiger partial charge is 0.301 e. The SMILES string of the molecule is CN1Cc2cc(-c3ccncn3)ccc2C(c2ccc3sccc3c2)C1. The summed E-state index contributed by atoms with van der Waals surface area (Å²) in [5.74, 6) is 0.410. The minimum absolute atomic E-state index is 0.410. The second kappa shape index (κ2) is 6.31. The van der Waals surface area contributed by atoms with E-state index in [2.05, 4.69) is 69.8 Å². The number of hydrogen-bond acceptors (Lipinski definition) is 4.